The highest BCUT2D eigenvalue weighted by atomic mass is 79.9. The van der Waals surface area contributed by atoms with Crippen molar-refractivity contribution in [2.24, 2.45) is 0 Å². The zero-order valence-electron chi connectivity index (χ0n) is 11.3. The van der Waals surface area contributed by atoms with E-state index in [-0.39, 0.29) is 5.41 Å². The van der Waals surface area contributed by atoms with Crippen molar-refractivity contribution in [3.8, 4) is 0 Å². The number of hydrogen-bond donors (Lipinski definition) is 0. The maximum absolute atomic E-state index is 4.69. The van der Waals surface area contributed by atoms with Crippen molar-refractivity contribution in [1.29, 1.82) is 0 Å². The van der Waals surface area contributed by atoms with Gasteiger partial charge < -0.3 is 0 Å². The lowest BCUT2D eigenvalue weighted by Crippen LogP contribution is -2.18. The van der Waals surface area contributed by atoms with E-state index >= 15 is 0 Å². The first-order valence-electron chi connectivity index (χ1n) is 5.99. The van der Waals surface area contributed by atoms with Crippen molar-refractivity contribution < 1.29 is 0 Å². The molecule has 0 unspecified atom stereocenters. The van der Waals surface area contributed by atoms with E-state index in [0.717, 1.165) is 16.9 Å². The van der Waals surface area contributed by atoms with E-state index in [1.807, 2.05) is 0 Å². The monoisotopic (exact) mass is 308 g/mol. The second kappa shape index (κ2) is 4.53. The van der Waals surface area contributed by atoms with Crippen LogP contribution in [-0.2, 0) is 5.41 Å². The molecule has 2 aromatic heterocycles. The summed E-state index contributed by atoms with van der Waals surface area (Å²) in [6, 6.07) is 0. The molecule has 0 bridgehead atoms. The number of hydrogen-bond acceptors (Lipinski definition) is 4. The Morgan fingerprint density at radius 1 is 1.11 bits per heavy atom. The van der Waals surface area contributed by atoms with Gasteiger partial charge in [0.1, 0.15) is 5.82 Å². The van der Waals surface area contributed by atoms with Crippen LogP contribution in [-0.4, -0.2) is 19.9 Å². The lowest BCUT2D eigenvalue weighted by atomic mass is 9.95. The highest BCUT2D eigenvalue weighted by Crippen LogP contribution is 2.26. The molecular weight excluding hydrogens is 292 g/mol. The van der Waals surface area contributed by atoms with Crippen LogP contribution in [0.3, 0.4) is 0 Å². The summed E-state index contributed by atoms with van der Waals surface area (Å²) in [5, 5.41) is 0.932. The fraction of sp³-hybridized carbons (Fsp3) is 0.538. The molecule has 0 amide bonds. The molecule has 18 heavy (non-hydrogen) atoms. The van der Waals surface area contributed by atoms with E-state index in [0.29, 0.717) is 16.3 Å². The standard InChI is InChI=1S/C13H17BrN4/c1-7(2)9-8-6-15-12(14)18-10(8)17-11(16-9)13(3,4)5/h6-7H,1-5H3. The van der Waals surface area contributed by atoms with Gasteiger partial charge in [0.2, 0.25) is 0 Å². The fourth-order valence-corrected chi connectivity index (χ4v) is 1.96. The summed E-state index contributed by atoms with van der Waals surface area (Å²) < 4.78 is 0.559. The van der Waals surface area contributed by atoms with Crippen molar-refractivity contribution in [3.63, 3.8) is 0 Å². The van der Waals surface area contributed by atoms with Gasteiger partial charge >= 0.3 is 0 Å². The normalized spacial score (nSPS) is 12.4. The molecule has 0 atom stereocenters. The molecule has 0 fully saturated rings. The van der Waals surface area contributed by atoms with Gasteiger partial charge in [-0.25, -0.2) is 19.9 Å². The summed E-state index contributed by atoms with van der Waals surface area (Å²) in [5.74, 6) is 1.14. The summed E-state index contributed by atoms with van der Waals surface area (Å²) in [6.07, 6.45) is 1.79. The van der Waals surface area contributed by atoms with Gasteiger partial charge in [0.25, 0.3) is 0 Å². The van der Waals surface area contributed by atoms with Crippen LogP contribution in [0.1, 0.15) is 52.1 Å². The molecule has 0 N–H and O–H groups in total. The van der Waals surface area contributed by atoms with E-state index in [1.165, 1.54) is 0 Å². The Morgan fingerprint density at radius 2 is 1.78 bits per heavy atom. The topological polar surface area (TPSA) is 51.6 Å². The Labute approximate surface area is 115 Å². The van der Waals surface area contributed by atoms with Gasteiger partial charge in [-0.15, -0.1) is 0 Å². The summed E-state index contributed by atoms with van der Waals surface area (Å²) in [6.45, 7) is 10.6. The van der Waals surface area contributed by atoms with Crippen LogP contribution in [0.25, 0.3) is 11.0 Å². The van der Waals surface area contributed by atoms with Crippen molar-refractivity contribution in [3.05, 3.63) is 22.4 Å². The van der Waals surface area contributed by atoms with Crippen LogP contribution in [0.2, 0.25) is 0 Å². The predicted molar refractivity (Wildman–Crippen MR) is 75.6 cm³/mol. The SMILES string of the molecule is CC(C)c1nc(C(C)(C)C)nc2nc(Br)ncc12. The first-order chi connectivity index (χ1) is 8.29. The molecule has 4 nitrogen and oxygen atoms in total. The van der Waals surface area contributed by atoms with E-state index in [9.17, 15) is 0 Å². The van der Waals surface area contributed by atoms with Gasteiger partial charge in [-0.3, -0.25) is 0 Å². The zero-order valence-corrected chi connectivity index (χ0v) is 12.9. The van der Waals surface area contributed by atoms with Gasteiger partial charge in [0, 0.05) is 11.6 Å². The summed E-state index contributed by atoms with van der Waals surface area (Å²) in [7, 11) is 0. The van der Waals surface area contributed by atoms with Crippen LogP contribution in [0.15, 0.2) is 10.9 Å². The van der Waals surface area contributed by atoms with Crippen LogP contribution < -0.4 is 0 Å². The first kappa shape index (κ1) is 13.3. The number of rotatable bonds is 1. The molecule has 0 radical (unpaired) electrons. The Bertz CT molecular complexity index is 587. The number of fused-ring (bicyclic) bond motifs is 1. The largest absolute Gasteiger partial charge is 0.236 e. The minimum absolute atomic E-state index is 0.0880. The lowest BCUT2D eigenvalue weighted by Gasteiger charge is -2.19. The molecule has 0 aliphatic rings. The van der Waals surface area contributed by atoms with Gasteiger partial charge in [-0.05, 0) is 21.8 Å². The van der Waals surface area contributed by atoms with Gasteiger partial charge in [-0.2, -0.15) is 0 Å². The molecule has 2 rings (SSSR count). The van der Waals surface area contributed by atoms with E-state index in [1.54, 1.807) is 6.20 Å². The minimum atomic E-state index is -0.0880. The first-order valence-corrected chi connectivity index (χ1v) is 6.79. The third-order valence-electron chi connectivity index (χ3n) is 2.67. The maximum Gasteiger partial charge on any atom is 0.198 e. The molecule has 5 heteroatoms. The number of nitrogens with zero attached hydrogens (tertiary/aromatic N) is 4. The van der Waals surface area contributed by atoms with E-state index in [4.69, 9.17) is 4.98 Å². The molecule has 96 valence electrons. The Kier molecular flexibility index (Phi) is 3.36. The number of aromatic nitrogens is 4. The van der Waals surface area contributed by atoms with Gasteiger partial charge in [0.15, 0.2) is 10.4 Å². The molecular formula is C13H17BrN4. The molecule has 0 aromatic carbocycles. The highest BCUT2D eigenvalue weighted by molar-refractivity contribution is 9.10. The molecule has 0 aliphatic heterocycles. The molecule has 0 saturated carbocycles. The number of halogens is 1. The molecule has 2 heterocycles. The highest BCUT2D eigenvalue weighted by Gasteiger charge is 2.21. The molecule has 0 spiro atoms. The second-order valence-electron chi connectivity index (χ2n) is 5.71. The second-order valence-corrected chi connectivity index (χ2v) is 6.42. The summed E-state index contributed by atoms with van der Waals surface area (Å²) in [5.41, 5.74) is 1.63. The maximum atomic E-state index is 4.69. The molecule has 0 aliphatic carbocycles. The van der Waals surface area contributed by atoms with Crippen LogP contribution in [0.5, 0.6) is 0 Å². The minimum Gasteiger partial charge on any atom is -0.236 e. The average molecular weight is 309 g/mol. The van der Waals surface area contributed by atoms with Crippen LogP contribution in [0.4, 0.5) is 0 Å². The average Bonchev–Trinajstić information content (AvgIpc) is 2.25. The Morgan fingerprint density at radius 3 is 2.33 bits per heavy atom. The van der Waals surface area contributed by atoms with E-state index < -0.39 is 0 Å². The van der Waals surface area contributed by atoms with Crippen LogP contribution in [0, 0.1) is 0 Å². The van der Waals surface area contributed by atoms with Crippen molar-refractivity contribution in [1.82, 2.24) is 19.9 Å². The quantitative estimate of drug-likeness (QED) is 0.755. The summed E-state index contributed by atoms with van der Waals surface area (Å²) in [4.78, 5) is 17.8. The fourth-order valence-electron chi connectivity index (χ4n) is 1.69. The summed E-state index contributed by atoms with van der Waals surface area (Å²) >= 11 is 3.29. The predicted octanol–water partition coefficient (Wildman–Crippen LogP) is 3.60. The third kappa shape index (κ3) is 2.51. The van der Waals surface area contributed by atoms with Crippen molar-refractivity contribution in [2.45, 2.75) is 46.0 Å². The van der Waals surface area contributed by atoms with Gasteiger partial charge in [0.05, 0.1) is 11.1 Å². The van der Waals surface area contributed by atoms with Crippen LogP contribution >= 0.6 is 15.9 Å². The molecule has 0 saturated heterocycles. The Hall–Kier alpha value is -1.10. The van der Waals surface area contributed by atoms with Gasteiger partial charge in [-0.1, -0.05) is 34.6 Å². The van der Waals surface area contributed by atoms with E-state index in [2.05, 4.69) is 65.5 Å². The smallest absolute Gasteiger partial charge is 0.198 e. The Balaban J connectivity index is 2.79. The van der Waals surface area contributed by atoms with Crippen molar-refractivity contribution >= 4 is 27.0 Å². The third-order valence-corrected chi connectivity index (χ3v) is 3.05. The van der Waals surface area contributed by atoms with Crippen molar-refractivity contribution in [2.75, 3.05) is 0 Å². The zero-order chi connectivity index (χ0) is 13.5. The lowest BCUT2D eigenvalue weighted by molar-refractivity contribution is 0.542. The molecule has 2 aromatic rings.